The van der Waals surface area contributed by atoms with Crippen LogP contribution in [0.2, 0.25) is 0 Å². The lowest BCUT2D eigenvalue weighted by atomic mass is 10.0. The Morgan fingerprint density at radius 2 is 2.04 bits per heavy atom. The second kappa shape index (κ2) is 8.01. The topological polar surface area (TPSA) is 80.9 Å². The number of carbonyl (C=O) groups excluding carboxylic acids is 1. The number of rotatable bonds is 6. The molecule has 136 valence electrons. The lowest BCUT2D eigenvalue weighted by Gasteiger charge is -2.13. The van der Waals surface area contributed by atoms with E-state index >= 15 is 0 Å². The van der Waals surface area contributed by atoms with Gasteiger partial charge in [0.2, 0.25) is 5.91 Å². The fraction of sp³-hybridized carbons (Fsp3) is 0.333. The van der Waals surface area contributed by atoms with Crippen molar-refractivity contribution in [2.75, 3.05) is 11.1 Å². The fourth-order valence-corrected chi connectivity index (χ4v) is 3.92. The van der Waals surface area contributed by atoms with Crippen molar-refractivity contribution in [1.29, 1.82) is 0 Å². The zero-order valence-corrected chi connectivity index (χ0v) is 16.7. The van der Waals surface area contributed by atoms with E-state index in [1.165, 1.54) is 23.1 Å². The highest BCUT2D eigenvalue weighted by Crippen LogP contribution is 2.30. The van der Waals surface area contributed by atoms with Gasteiger partial charge < -0.3 is 9.73 Å². The second-order valence-electron chi connectivity index (χ2n) is 6.10. The molecule has 0 bridgehead atoms. The molecule has 1 amide bonds. The van der Waals surface area contributed by atoms with Crippen molar-refractivity contribution < 1.29 is 9.21 Å². The lowest BCUT2D eigenvalue weighted by molar-refractivity contribution is -0.113. The van der Waals surface area contributed by atoms with Gasteiger partial charge in [-0.05, 0) is 31.4 Å². The van der Waals surface area contributed by atoms with E-state index in [4.69, 9.17) is 4.42 Å². The normalized spacial score (nSPS) is 11.1. The molecule has 0 spiro atoms. The summed E-state index contributed by atoms with van der Waals surface area (Å²) in [5.74, 6) is 0.881. The molecule has 0 saturated carbocycles. The highest BCUT2D eigenvalue weighted by atomic mass is 32.2. The largest absolute Gasteiger partial charge is 0.410 e. The molecule has 3 rings (SSSR count). The first-order valence-corrected chi connectivity index (χ1v) is 10.0. The van der Waals surface area contributed by atoms with Gasteiger partial charge >= 0.3 is 0 Å². The molecular formula is C18H20N4O2S2. The molecule has 0 aliphatic rings. The van der Waals surface area contributed by atoms with Gasteiger partial charge in [-0.25, -0.2) is 4.98 Å². The summed E-state index contributed by atoms with van der Waals surface area (Å²) in [5, 5.41) is 12.4. The Morgan fingerprint density at radius 1 is 1.27 bits per heavy atom. The highest BCUT2D eigenvalue weighted by molar-refractivity contribution is 7.99. The van der Waals surface area contributed by atoms with Gasteiger partial charge in [-0.1, -0.05) is 43.8 Å². The van der Waals surface area contributed by atoms with Crippen LogP contribution in [0.15, 0.2) is 33.9 Å². The van der Waals surface area contributed by atoms with Crippen LogP contribution in [0.3, 0.4) is 0 Å². The molecule has 2 aromatic heterocycles. The quantitative estimate of drug-likeness (QED) is 0.618. The van der Waals surface area contributed by atoms with Gasteiger partial charge in [0.25, 0.3) is 11.1 Å². The maximum atomic E-state index is 12.3. The SMILES string of the molecule is Cc1nc(C)c(-c2nnc(SCC(=O)Nc3ccccc3C(C)C)o2)s1. The molecule has 0 aliphatic heterocycles. The number of anilines is 1. The van der Waals surface area contributed by atoms with Crippen molar-refractivity contribution in [2.24, 2.45) is 0 Å². The average Bonchev–Trinajstić information content (AvgIpc) is 3.19. The minimum Gasteiger partial charge on any atom is -0.410 e. The standard InChI is InChI=1S/C18H20N4O2S2/c1-10(2)13-7-5-6-8-14(13)20-15(23)9-25-18-22-21-17(24-18)16-11(3)19-12(4)26-16/h5-8,10H,9H2,1-4H3,(H,20,23). The smallest absolute Gasteiger partial charge is 0.277 e. The lowest BCUT2D eigenvalue weighted by Crippen LogP contribution is -2.15. The summed E-state index contributed by atoms with van der Waals surface area (Å²) in [5.41, 5.74) is 2.83. The molecule has 0 aliphatic carbocycles. The first-order valence-electron chi connectivity index (χ1n) is 8.23. The Kier molecular flexibility index (Phi) is 5.73. The van der Waals surface area contributed by atoms with E-state index in [-0.39, 0.29) is 11.7 Å². The summed E-state index contributed by atoms with van der Waals surface area (Å²) < 4.78 is 5.66. The van der Waals surface area contributed by atoms with Crippen LogP contribution in [0.5, 0.6) is 0 Å². The van der Waals surface area contributed by atoms with Crippen LogP contribution in [0.4, 0.5) is 5.69 Å². The van der Waals surface area contributed by atoms with E-state index in [1.807, 2.05) is 38.1 Å². The van der Waals surface area contributed by atoms with Gasteiger partial charge in [0.15, 0.2) is 0 Å². The molecule has 2 heterocycles. The van der Waals surface area contributed by atoms with E-state index in [9.17, 15) is 4.79 Å². The van der Waals surface area contributed by atoms with E-state index in [0.29, 0.717) is 17.0 Å². The highest BCUT2D eigenvalue weighted by Gasteiger charge is 2.16. The predicted octanol–water partition coefficient (Wildman–Crippen LogP) is 4.66. The Labute approximate surface area is 160 Å². The Balaban J connectivity index is 1.61. The third kappa shape index (κ3) is 4.31. The molecule has 6 nitrogen and oxygen atoms in total. The van der Waals surface area contributed by atoms with Crippen molar-refractivity contribution in [3.8, 4) is 10.8 Å². The van der Waals surface area contributed by atoms with Crippen molar-refractivity contribution in [1.82, 2.24) is 15.2 Å². The summed E-state index contributed by atoms with van der Waals surface area (Å²) in [7, 11) is 0. The molecule has 0 fully saturated rings. The van der Waals surface area contributed by atoms with Crippen LogP contribution >= 0.6 is 23.1 Å². The monoisotopic (exact) mass is 388 g/mol. The number of nitrogens with one attached hydrogen (secondary N) is 1. The number of hydrogen-bond acceptors (Lipinski definition) is 7. The zero-order chi connectivity index (χ0) is 18.7. The molecule has 0 saturated heterocycles. The Bertz CT molecular complexity index is 918. The summed E-state index contributed by atoms with van der Waals surface area (Å²) in [4.78, 5) is 17.5. The van der Waals surface area contributed by atoms with Gasteiger partial charge in [0.1, 0.15) is 4.88 Å². The maximum absolute atomic E-state index is 12.3. The van der Waals surface area contributed by atoms with Crippen LogP contribution in [0.1, 0.15) is 36.0 Å². The third-order valence-corrected chi connectivity index (χ3v) is 5.57. The fourth-order valence-electron chi connectivity index (χ4n) is 2.52. The van der Waals surface area contributed by atoms with Crippen molar-refractivity contribution in [3.63, 3.8) is 0 Å². The number of thiazole rings is 1. The van der Waals surface area contributed by atoms with Gasteiger partial charge in [0.05, 0.1) is 16.5 Å². The number of thioether (sulfide) groups is 1. The van der Waals surface area contributed by atoms with E-state index < -0.39 is 0 Å². The van der Waals surface area contributed by atoms with Crippen LogP contribution in [0, 0.1) is 13.8 Å². The number of amides is 1. The van der Waals surface area contributed by atoms with Crippen LogP contribution in [-0.4, -0.2) is 26.8 Å². The number of hydrogen-bond donors (Lipinski definition) is 1. The first-order chi connectivity index (χ1) is 12.4. The summed E-state index contributed by atoms with van der Waals surface area (Å²) in [6.07, 6.45) is 0. The number of benzene rings is 1. The number of para-hydroxylation sites is 1. The number of carbonyl (C=O) groups is 1. The van der Waals surface area contributed by atoms with E-state index in [2.05, 4.69) is 34.3 Å². The van der Waals surface area contributed by atoms with Crippen molar-refractivity contribution in [3.05, 3.63) is 40.5 Å². The average molecular weight is 389 g/mol. The first kappa shape index (κ1) is 18.6. The van der Waals surface area contributed by atoms with E-state index in [1.54, 1.807) is 0 Å². The number of aryl methyl sites for hydroxylation is 2. The molecule has 3 aromatic rings. The van der Waals surface area contributed by atoms with Crippen molar-refractivity contribution >= 4 is 34.7 Å². The van der Waals surface area contributed by atoms with Gasteiger partial charge in [-0.2, -0.15) is 0 Å². The van der Waals surface area contributed by atoms with E-state index in [0.717, 1.165) is 26.8 Å². The molecule has 8 heteroatoms. The predicted molar refractivity (Wildman–Crippen MR) is 105 cm³/mol. The van der Waals surface area contributed by atoms with Crippen LogP contribution in [0.25, 0.3) is 10.8 Å². The van der Waals surface area contributed by atoms with Gasteiger partial charge in [-0.3, -0.25) is 4.79 Å². The molecule has 1 N–H and O–H groups in total. The molecule has 0 unspecified atom stereocenters. The summed E-state index contributed by atoms with van der Waals surface area (Å²) >= 11 is 2.74. The number of nitrogens with zero attached hydrogens (tertiary/aromatic N) is 3. The minimum absolute atomic E-state index is 0.104. The molecule has 26 heavy (non-hydrogen) atoms. The summed E-state index contributed by atoms with van der Waals surface area (Å²) in [6.45, 7) is 8.05. The zero-order valence-electron chi connectivity index (χ0n) is 15.1. The van der Waals surface area contributed by atoms with Gasteiger partial charge in [-0.15, -0.1) is 21.5 Å². The molecule has 0 radical (unpaired) electrons. The Morgan fingerprint density at radius 3 is 2.73 bits per heavy atom. The van der Waals surface area contributed by atoms with Crippen LogP contribution < -0.4 is 5.32 Å². The Hall–Kier alpha value is -2.19. The molecular weight excluding hydrogens is 368 g/mol. The molecule has 1 aromatic carbocycles. The second-order valence-corrected chi connectivity index (χ2v) is 8.23. The third-order valence-electron chi connectivity index (χ3n) is 3.69. The summed E-state index contributed by atoms with van der Waals surface area (Å²) in [6, 6.07) is 7.83. The minimum atomic E-state index is -0.104. The van der Waals surface area contributed by atoms with Crippen molar-refractivity contribution in [2.45, 2.75) is 38.8 Å². The van der Waals surface area contributed by atoms with Gasteiger partial charge in [0, 0.05) is 5.69 Å². The number of aromatic nitrogens is 3. The van der Waals surface area contributed by atoms with Crippen LogP contribution in [-0.2, 0) is 4.79 Å². The maximum Gasteiger partial charge on any atom is 0.277 e. The molecule has 0 atom stereocenters.